The van der Waals surface area contributed by atoms with Gasteiger partial charge in [0.15, 0.2) is 0 Å². The summed E-state index contributed by atoms with van der Waals surface area (Å²) >= 11 is 7.12. The molecule has 0 bridgehead atoms. The van der Waals surface area contributed by atoms with Crippen LogP contribution >= 0.6 is 23.1 Å². The van der Waals surface area contributed by atoms with Crippen LogP contribution in [0.5, 0.6) is 5.88 Å². The molecule has 0 saturated heterocycles. The summed E-state index contributed by atoms with van der Waals surface area (Å²) in [5.74, 6) is -0.691. The minimum Gasteiger partial charge on any atom is -0.472 e. The van der Waals surface area contributed by atoms with Gasteiger partial charge in [0.05, 0.1) is 6.33 Å². The predicted octanol–water partition coefficient (Wildman–Crippen LogP) is 3.19. The molecule has 0 atom stereocenters. The minimum absolute atomic E-state index is 0.0248. The molecule has 2 heterocycles. The number of imidazole rings is 1. The first kappa shape index (κ1) is 21.6. The average Bonchev–Trinajstić information content (AvgIpc) is 3.34. The largest absolute Gasteiger partial charge is 0.472 e. The lowest BCUT2D eigenvalue weighted by molar-refractivity contribution is 0.0996. The Kier molecular flexibility index (Phi) is 7.26. The summed E-state index contributed by atoms with van der Waals surface area (Å²) in [4.78, 5) is 28.0. The summed E-state index contributed by atoms with van der Waals surface area (Å²) in [6.07, 6.45) is 5.98. The fourth-order valence-corrected chi connectivity index (χ4v) is 3.65. The van der Waals surface area contributed by atoms with Crippen molar-refractivity contribution in [3.63, 3.8) is 0 Å². The molecule has 3 rings (SSSR count). The van der Waals surface area contributed by atoms with Crippen molar-refractivity contribution in [3.05, 3.63) is 58.6 Å². The van der Waals surface area contributed by atoms with Gasteiger partial charge in [-0.05, 0) is 36.5 Å². The van der Waals surface area contributed by atoms with E-state index in [0.29, 0.717) is 11.6 Å². The second-order valence-corrected chi connectivity index (χ2v) is 7.66. The number of carbonyl (C=O) groups excluding carboxylic acids is 2. The van der Waals surface area contributed by atoms with E-state index >= 15 is 0 Å². The highest BCUT2D eigenvalue weighted by Crippen LogP contribution is 2.31. The lowest BCUT2D eigenvalue weighted by atomic mass is 10.2. The van der Waals surface area contributed by atoms with Crippen LogP contribution in [-0.4, -0.2) is 32.4 Å². The summed E-state index contributed by atoms with van der Waals surface area (Å²) < 4.78 is 11.7. The monoisotopic (exact) mass is 448 g/mol. The van der Waals surface area contributed by atoms with Gasteiger partial charge in [0.1, 0.15) is 17.2 Å². The van der Waals surface area contributed by atoms with Crippen molar-refractivity contribution in [2.24, 2.45) is 5.73 Å². The molecule has 30 heavy (non-hydrogen) atoms. The van der Waals surface area contributed by atoms with Gasteiger partial charge in [0.25, 0.3) is 5.91 Å². The van der Waals surface area contributed by atoms with Crippen LogP contribution in [0.3, 0.4) is 0 Å². The highest BCUT2D eigenvalue weighted by molar-refractivity contribution is 7.11. The van der Waals surface area contributed by atoms with Gasteiger partial charge < -0.3 is 20.4 Å². The standard InChI is InChI=1S/C19H21ClN6O3S/c1-12-3-4-13(14(20)9-12)10-29-17-15(16(21)27)18(30-25-17)24-19(28)23-5-2-7-26-8-6-22-11-26/h3-4,6,8-9,11H,2,5,7,10H2,1H3,(H2,21,27)(H2,23,24,28). The zero-order valence-corrected chi connectivity index (χ0v) is 17.8. The quantitative estimate of drug-likeness (QED) is 0.433. The van der Waals surface area contributed by atoms with E-state index in [9.17, 15) is 9.59 Å². The van der Waals surface area contributed by atoms with Crippen molar-refractivity contribution in [2.75, 3.05) is 11.9 Å². The number of aryl methyl sites for hydroxylation is 2. The molecular formula is C19H21ClN6O3S. The van der Waals surface area contributed by atoms with Gasteiger partial charge in [-0.2, -0.15) is 4.37 Å². The normalized spacial score (nSPS) is 10.6. The summed E-state index contributed by atoms with van der Waals surface area (Å²) in [7, 11) is 0. The van der Waals surface area contributed by atoms with Crippen LogP contribution in [0.2, 0.25) is 5.02 Å². The van der Waals surface area contributed by atoms with Gasteiger partial charge in [-0.25, -0.2) is 9.78 Å². The maximum absolute atomic E-state index is 12.1. The van der Waals surface area contributed by atoms with Crippen LogP contribution < -0.4 is 21.1 Å². The lowest BCUT2D eigenvalue weighted by Crippen LogP contribution is -2.30. The Morgan fingerprint density at radius 3 is 2.90 bits per heavy atom. The SMILES string of the molecule is Cc1ccc(COc2nsc(NC(=O)NCCCn3ccnc3)c2C(N)=O)c(Cl)c1. The van der Waals surface area contributed by atoms with Crippen molar-refractivity contribution in [3.8, 4) is 5.88 Å². The Labute approximate surface area is 182 Å². The predicted molar refractivity (Wildman–Crippen MR) is 115 cm³/mol. The van der Waals surface area contributed by atoms with E-state index in [1.807, 2.05) is 35.9 Å². The Morgan fingerprint density at radius 1 is 1.37 bits per heavy atom. The Balaban J connectivity index is 1.56. The van der Waals surface area contributed by atoms with E-state index in [2.05, 4.69) is 20.0 Å². The molecule has 0 unspecified atom stereocenters. The Bertz CT molecular complexity index is 1020. The average molecular weight is 449 g/mol. The molecule has 0 saturated carbocycles. The van der Waals surface area contributed by atoms with Crippen LogP contribution in [0.15, 0.2) is 36.9 Å². The molecule has 3 amide bonds. The number of amides is 3. The fraction of sp³-hybridized carbons (Fsp3) is 0.263. The first-order valence-corrected chi connectivity index (χ1v) is 10.3. The van der Waals surface area contributed by atoms with Crippen molar-refractivity contribution < 1.29 is 14.3 Å². The molecular weight excluding hydrogens is 428 g/mol. The number of ether oxygens (including phenoxy) is 1. The topological polar surface area (TPSA) is 124 Å². The number of anilines is 1. The van der Waals surface area contributed by atoms with E-state index in [1.54, 1.807) is 12.5 Å². The zero-order chi connectivity index (χ0) is 21.5. The zero-order valence-electron chi connectivity index (χ0n) is 16.2. The van der Waals surface area contributed by atoms with Gasteiger partial charge >= 0.3 is 6.03 Å². The molecule has 0 fully saturated rings. The van der Waals surface area contributed by atoms with Crippen LogP contribution in [0, 0.1) is 6.92 Å². The van der Waals surface area contributed by atoms with E-state index < -0.39 is 11.9 Å². The molecule has 9 nitrogen and oxygen atoms in total. The third-order valence-corrected chi connectivity index (χ3v) is 5.24. The molecule has 0 spiro atoms. The number of carbonyl (C=O) groups is 2. The summed E-state index contributed by atoms with van der Waals surface area (Å²) in [5, 5.41) is 6.10. The number of nitrogens with zero attached hydrogens (tertiary/aromatic N) is 3. The fourth-order valence-electron chi connectivity index (χ4n) is 2.62. The number of rotatable bonds is 9. The van der Waals surface area contributed by atoms with Crippen LogP contribution in [-0.2, 0) is 13.2 Å². The number of aromatic nitrogens is 3. The number of benzene rings is 1. The highest BCUT2D eigenvalue weighted by atomic mass is 35.5. The maximum atomic E-state index is 12.1. The van der Waals surface area contributed by atoms with Gasteiger partial charge in [0.2, 0.25) is 5.88 Å². The lowest BCUT2D eigenvalue weighted by Gasteiger charge is -2.09. The first-order chi connectivity index (χ1) is 14.4. The van der Waals surface area contributed by atoms with Crippen LogP contribution in [0.1, 0.15) is 27.9 Å². The van der Waals surface area contributed by atoms with Crippen molar-refractivity contribution >= 4 is 40.1 Å². The summed E-state index contributed by atoms with van der Waals surface area (Å²) in [5.41, 5.74) is 7.27. The molecule has 0 radical (unpaired) electrons. The number of nitrogens with one attached hydrogen (secondary N) is 2. The number of nitrogens with two attached hydrogens (primary N) is 1. The van der Waals surface area contributed by atoms with Crippen LogP contribution in [0.4, 0.5) is 9.80 Å². The van der Waals surface area contributed by atoms with E-state index in [4.69, 9.17) is 22.1 Å². The van der Waals surface area contributed by atoms with Gasteiger partial charge in [-0.1, -0.05) is 23.7 Å². The molecule has 11 heteroatoms. The molecule has 0 aliphatic heterocycles. The number of hydrogen-bond donors (Lipinski definition) is 3. The Morgan fingerprint density at radius 2 is 2.20 bits per heavy atom. The first-order valence-electron chi connectivity index (χ1n) is 9.12. The number of primary amides is 1. The summed E-state index contributed by atoms with van der Waals surface area (Å²) in [6, 6.07) is 5.11. The highest BCUT2D eigenvalue weighted by Gasteiger charge is 2.22. The molecule has 2 aromatic heterocycles. The maximum Gasteiger partial charge on any atom is 0.319 e. The van der Waals surface area contributed by atoms with Gasteiger partial charge in [0, 0.05) is 36.1 Å². The molecule has 0 aliphatic rings. The molecule has 1 aromatic carbocycles. The van der Waals surface area contributed by atoms with Gasteiger partial charge in [-0.15, -0.1) is 0 Å². The van der Waals surface area contributed by atoms with E-state index in [1.165, 1.54) is 0 Å². The number of halogens is 1. The molecule has 0 aliphatic carbocycles. The molecule has 3 aromatic rings. The number of urea groups is 1. The van der Waals surface area contributed by atoms with E-state index in [-0.39, 0.29) is 23.1 Å². The second-order valence-electron chi connectivity index (χ2n) is 6.47. The van der Waals surface area contributed by atoms with Crippen LogP contribution in [0.25, 0.3) is 0 Å². The van der Waals surface area contributed by atoms with Crippen molar-refractivity contribution in [2.45, 2.75) is 26.5 Å². The number of hydrogen-bond acceptors (Lipinski definition) is 6. The third-order valence-electron chi connectivity index (χ3n) is 4.15. The molecule has 4 N–H and O–H groups in total. The Hall–Kier alpha value is -3.11. The second kappa shape index (κ2) is 10.1. The smallest absolute Gasteiger partial charge is 0.319 e. The van der Waals surface area contributed by atoms with E-state index in [0.717, 1.165) is 35.6 Å². The van der Waals surface area contributed by atoms with Crippen molar-refractivity contribution in [1.29, 1.82) is 0 Å². The minimum atomic E-state index is -0.746. The van der Waals surface area contributed by atoms with Gasteiger partial charge in [-0.3, -0.25) is 10.1 Å². The van der Waals surface area contributed by atoms with Crippen molar-refractivity contribution in [1.82, 2.24) is 19.2 Å². The summed E-state index contributed by atoms with van der Waals surface area (Å²) in [6.45, 7) is 3.23. The molecule has 158 valence electrons. The third kappa shape index (κ3) is 5.71.